The highest BCUT2D eigenvalue weighted by atomic mass is 35.5. The number of anilines is 1. The van der Waals surface area contributed by atoms with E-state index < -0.39 is 0 Å². The number of benzene rings is 2. The third-order valence-electron chi connectivity index (χ3n) is 3.45. The normalized spacial score (nSPS) is 10.4. The van der Waals surface area contributed by atoms with E-state index in [0.29, 0.717) is 27.7 Å². The first-order valence-corrected chi connectivity index (χ1v) is 9.04. The maximum atomic E-state index is 12.2. The van der Waals surface area contributed by atoms with Crippen molar-refractivity contribution in [1.29, 1.82) is 0 Å². The van der Waals surface area contributed by atoms with Crippen molar-refractivity contribution in [3.63, 3.8) is 0 Å². The SMILES string of the molecule is Cc1nc(CC(=O)Oc2ccc(NC(=O)c3ccccc3Cl)cc2)cs1. The fourth-order valence-electron chi connectivity index (χ4n) is 2.25. The zero-order valence-corrected chi connectivity index (χ0v) is 15.4. The van der Waals surface area contributed by atoms with Crippen LogP contribution in [-0.2, 0) is 11.2 Å². The van der Waals surface area contributed by atoms with Crippen LogP contribution in [0, 0.1) is 6.92 Å². The predicted molar refractivity (Wildman–Crippen MR) is 102 cm³/mol. The highest BCUT2D eigenvalue weighted by Gasteiger charge is 2.11. The van der Waals surface area contributed by atoms with Gasteiger partial charge in [-0.25, -0.2) is 4.98 Å². The molecular weight excluding hydrogens is 372 g/mol. The van der Waals surface area contributed by atoms with E-state index in [2.05, 4.69) is 10.3 Å². The number of nitrogens with one attached hydrogen (secondary N) is 1. The van der Waals surface area contributed by atoms with E-state index in [1.807, 2.05) is 12.3 Å². The zero-order valence-electron chi connectivity index (χ0n) is 13.9. The standard InChI is InChI=1S/C19H15ClN2O3S/c1-12-21-14(11-26-12)10-18(23)25-15-8-6-13(7-9-15)22-19(24)16-4-2-3-5-17(16)20/h2-9,11H,10H2,1H3,(H,22,24). The number of hydrogen-bond donors (Lipinski definition) is 1. The van der Waals surface area contributed by atoms with Gasteiger partial charge in [0.2, 0.25) is 0 Å². The number of thiazole rings is 1. The molecule has 132 valence electrons. The Morgan fingerprint density at radius 1 is 1.15 bits per heavy atom. The van der Waals surface area contributed by atoms with Crippen LogP contribution in [0.3, 0.4) is 0 Å². The molecule has 1 heterocycles. The number of rotatable bonds is 5. The topological polar surface area (TPSA) is 68.3 Å². The van der Waals surface area contributed by atoms with Crippen molar-refractivity contribution < 1.29 is 14.3 Å². The van der Waals surface area contributed by atoms with Crippen LogP contribution in [0.25, 0.3) is 0 Å². The molecule has 0 fully saturated rings. The number of aromatic nitrogens is 1. The highest BCUT2D eigenvalue weighted by Crippen LogP contribution is 2.20. The summed E-state index contributed by atoms with van der Waals surface area (Å²) in [5.41, 5.74) is 1.66. The van der Waals surface area contributed by atoms with E-state index in [0.717, 1.165) is 5.01 Å². The van der Waals surface area contributed by atoms with Gasteiger partial charge in [-0.1, -0.05) is 23.7 Å². The van der Waals surface area contributed by atoms with Gasteiger partial charge in [0.15, 0.2) is 0 Å². The van der Waals surface area contributed by atoms with Crippen LogP contribution in [-0.4, -0.2) is 16.9 Å². The Kier molecular flexibility index (Phi) is 5.65. The number of amides is 1. The van der Waals surface area contributed by atoms with Crippen LogP contribution < -0.4 is 10.1 Å². The minimum Gasteiger partial charge on any atom is -0.426 e. The van der Waals surface area contributed by atoms with E-state index in [-0.39, 0.29) is 18.3 Å². The lowest BCUT2D eigenvalue weighted by molar-refractivity contribution is -0.133. The minimum absolute atomic E-state index is 0.120. The third-order valence-corrected chi connectivity index (χ3v) is 4.61. The molecule has 0 aliphatic rings. The van der Waals surface area contributed by atoms with Crippen LogP contribution in [0.15, 0.2) is 53.9 Å². The maximum Gasteiger partial charge on any atom is 0.317 e. The van der Waals surface area contributed by atoms with Gasteiger partial charge in [-0.05, 0) is 43.3 Å². The van der Waals surface area contributed by atoms with Crippen molar-refractivity contribution in [3.8, 4) is 5.75 Å². The first-order valence-electron chi connectivity index (χ1n) is 7.79. The molecule has 0 saturated heterocycles. The van der Waals surface area contributed by atoms with Gasteiger partial charge in [-0.2, -0.15) is 0 Å². The second-order valence-electron chi connectivity index (χ2n) is 5.47. The molecule has 0 radical (unpaired) electrons. The maximum absolute atomic E-state index is 12.2. The summed E-state index contributed by atoms with van der Waals surface area (Å²) in [7, 11) is 0. The summed E-state index contributed by atoms with van der Waals surface area (Å²) >= 11 is 7.50. The molecule has 7 heteroatoms. The summed E-state index contributed by atoms with van der Waals surface area (Å²) < 4.78 is 5.28. The lowest BCUT2D eigenvalue weighted by Crippen LogP contribution is -2.13. The van der Waals surface area contributed by atoms with E-state index in [1.54, 1.807) is 48.5 Å². The molecule has 0 atom stereocenters. The summed E-state index contributed by atoms with van der Waals surface area (Å²) in [5, 5.41) is 5.88. The predicted octanol–water partition coefficient (Wildman–Crippen LogP) is 4.51. The van der Waals surface area contributed by atoms with Gasteiger partial charge in [0, 0.05) is 11.1 Å². The van der Waals surface area contributed by atoms with Gasteiger partial charge < -0.3 is 10.1 Å². The van der Waals surface area contributed by atoms with Crippen molar-refractivity contribution in [3.05, 3.63) is 75.2 Å². The molecular formula is C19H15ClN2O3S. The van der Waals surface area contributed by atoms with E-state index in [9.17, 15) is 9.59 Å². The van der Waals surface area contributed by atoms with Crippen molar-refractivity contribution in [2.45, 2.75) is 13.3 Å². The number of carbonyl (C=O) groups is 2. The molecule has 3 aromatic rings. The van der Waals surface area contributed by atoms with Gasteiger partial charge in [0.05, 0.1) is 27.7 Å². The lowest BCUT2D eigenvalue weighted by Gasteiger charge is -2.08. The lowest BCUT2D eigenvalue weighted by atomic mass is 10.2. The van der Waals surface area contributed by atoms with Crippen molar-refractivity contribution >= 4 is 40.5 Å². The monoisotopic (exact) mass is 386 g/mol. The smallest absolute Gasteiger partial charge is 0.317 e. The average Bonchev–Trinajstić information content (AvgIpc) is 3.01. The summed E-state index contributed by atoms with van der Waals surface area (Å²) in [6.07, 6.45) is 0.120. The molecule has 0 aliphatic heterocycles. The second-order valence-corrected chi connectivity index (χ2v) is 6.94. The molecule has 0 unspecified atom stereocenters. The molecule has 0 bridgehead atoms. The van der Waals surface area contributed by atoms with Crippen molar-refractivity contribution in [2.75, 3.05) is 5.32 Å². The molecule has 5 nitrogen and oxygen atoms in total. The van der Waals surface area contributed by atoms with Gasteiger partial charge >= 0.3 is 5.97 Å². The summed E-state index contributed by atoms with van der Waals surface area (Å²) in [4.78, 5) is 28.4. The Morgan fingerprint density at radius 2 is 1.88 bits per heavy atom. The second kappa shape index (κ2) is 8.12. The fourth-order valence-corrected chi connectivity index (χ4v) is 3.09. The highest BCUT2D eigenvalue weighted by molar-refractivity contribution is 7.09. The number of aryl methyl sites for hydroxylation is 1. The number of halogens is 1. The fraction of sp³-hybridized carbons (Fsp3) is 0.105. The first-order chi connectivity index (χ1) is 12.5. The Morgan fingerprint density at radius 3 is 2.54 bits per heavy atom. The molecule has 0 aliphatic carbocycles. The number of nitrogens with zero attached hydrogens (tertiary/aromatic N) is 1. The molecule has 0 spiro atoms. The summed E-state index contributed by atoms with van der Waals surface area (Å²) in [6.45, 7) is 1.88. The number of hydrogen-bond acceptors (Lipinski definition) is 5. The number of ether oxygens (including phenoxy) is 1. The van der Waals surface area contributed by atoms with Gasteiger partial charge in [0.25, 0.3) is 5.91 Å². The quantitative estimate of drug-likeness (QED) is 0.517. The Labute approximate surface area is 159 Å². The molecule has 3 rings (SSSR count). The minimum atomic E-state index is -0.386. The Hall–Kier alpha value is -2.70. The number of esters is 1. The van der Waals surface area contributed by atoms with Gasteiger partial charge in [-0.15, -0.1) is 11.3 Å². The van der Waals surface area contributed by atoms with Crippen LogP contribution >= 0.6 is 22.9 Å². The van der Waals surface area contributed by atoms with Crippen LogP contribution in [0.4, 0.5) is 5.69 Å². The Balaban J connectivity index is 1.59. The summed E-state index contributed by atoms with van der Waals surface area (Å²) in [6, 6.07) is 13.4. The molecule has 1 aromatic heterocycles. The van der Waals surface area contributed by atoms with Crippen molar-refractivity contribution in [1.82, 2.24) is 4.98 Å². The largest absolute Gasteiger partial charge is 0.426 e. The van der Waals surface area contributed by atoms with Crippen LogP contribution in [0.5, 0.6) is 5.75 Å². The third kappa shape index (κ3) is 4.68. The van der Waals surface area contributed by atoms with Gasteiger partial charge in [-0.3, -0.25) is 9.59 Å². The zero-order chi connectivity index (χ0) is 18.5. The molecule has 0 saturated carbocycles. The molecule has 2 aromatic carbocycles. The number of carbonyl (C=O) groups excluding carboxylic acids is 2. The van der Waals surface area contributed by atoms with Gasteiger partial charge in [0.1, 0.15) is 5.75 Å². The van der Waals surface area contributed by atoms with Crippen LogP contribution in [0.2, 0.25) is 5.02 Å². The summed E-state index contributed by atoms with van der Waals surface area (Å²) in [5.74, 6) is -0.292. The van der Waals surface area contributed by atoms with Crippen LogP contribution in [0.1, 0.15) is 21.1 Å². The average molecular weight is 387 g/mol. The van der Waals surface area contributed by atoms with E-state index in [1.165, 1.54) is 11.3 Å². The Bertz CT molecular complexity index is 938. The molecule has 1 amide bonds. The van der Waals surface area contributed by atoms with E-state index >= 15 is 0 Å². The first kappa shape index (κ1) is 18.1. The van der Waals surface area contributed by atoms with Crippen molar-refractivity contribution in [2.24, 2.45) is 0 Å². The molecule has 1 N–H and O–H groups in total. The molecule has 26 heavy (non-hydrogen) atoms. The van der Waals surface area contributed by atoms with E-state index in [4.69, 9.17) is 16.3 Å².